The number of ether oxygens (including phenoxy) is 2. The van der Waals surface area contributed by atoms with Gasteiger partial charge < -0.3 is 14.6 Å². The van der Waals surface area contributed by atoms with Crippen LogP contribution in [0.1, 0.15) is 49.8 Å². The van der Waals surface area contributed by atoms with Gasteiger partial charge in [-0.2, -0.15) is 0 Å². The third-order valence-electron chi connectivity index (χ3n) is 4.16. The average molecular weight is 264 g/mol. The van der Waals surface area contributed by atoms with E-state index in [-0.39, 0.29) is 0 Å². The molecule has 0 aliphatic carbocycles. The fourth-order valence-corrected chi connectivity index (χ4v) is 2.67. The molecule has 2 rings (SSSR count). The van der Waals surface area contributed by atoms with Crippen LogP contribution in [0.4, 0.5) is 0 Å². The van der Waals surface area contributed by atoms with E-state index in [0.717, 1.165) is 18.4 Å². The molecule has 3 nitrogen and oxygen atoms in total. The molecular weight excluding hydrogens is 240 g/mol. The predicted octanol–water partition coefficient (Wildman–Crippen LogP) is 3.04. The highest BCUT2D eigenvalue weighted by Gasteiger charge is 2.40. The molecule has 0 amide bonds. The van der Waals surface area contributed by atoms with Gasteiger partial charge in [0.15, 0.2) is 0 Å². The predicted molar refractivity (Wildman–Crippen MR) is 75.3 cm³/mol. The zero-order valence-electron chi connectivity index (χ0n) is 12.1. The second kappa shape index (κ2) is 6.04. The molecule has 1 fully saturated rings. The molecule has 0 aromatic heterocycles. The quantitative estimate of drug-likeness (QED) is 0.908. The number of hydrogen-bond acceptors (Lipinski definition) is 3. The first-order chi connectivity index (χ1) is 9.09. The van der Waals surface area contributed by atoms with E-state index < -0.39 is 11.7 Å². The third kappa shape index (κ3) is 2.99. The lowest BCUT2D eigenvalue weighted by Gasteiger charge is -2.39. The Bertz CT molecular complexity index is 391. The van der Waals surface area contributed by atoms with Gasteiger partial charge in [0.25, 0.3) is 0 Å². The molecule has 1 aliphatic heterocycles. The van der Waals surface area contributed by atoms with Crippen molar-refractivity contribution in [3.8, 4) is 0 Å². The molecule has 1 atom stereocenters. The molecule has 1 saturated heterocycles. The summed E-state index contributed by atoms with van der Waals surface area (Å²) in [5.74, 6) is 0.505. The Morgan fingerprint density at radius 2 is 1.63 bits per heavy atom. The van der Waals surface area contributed by atoms with Crippen LogP contribution < -0.4 is 0 Å². The lowest BCUT2D eigenvalue weighted by molar-refractivity contribution is -0.154. The summed E-state index contributed by atoms with van der Waals surface area (Å²) in [5.41, 5.74) is 1.71. The number of methoxy groups -OCH3 is 1. The SMILES string of the molecule is COC1(C(O)c2ccc(C(C)C)cc2)CCOCC1. The van der Waals surface area contributed by atoms with E-state index in [1.165, 1.54) is 5.56 Å². The van der Waals surface area contributed by atoms with Crippen molar-refractivity contribution in [2.75, 3.05) is 20.3 Å². The molecule has 1 heterocycles. The molecule has 1 aromatic rings. The van der Waals surface area contributed by atoms with Crippen molar-refractivity contribution >= 4 is 0 Å². The fourth-order valence-electron chi connectivity index (χ4n) is 2.67. The van der Waals surface area contributed by atoms with Gasteiger partial charge in [-0.25, -0.2) is 0 Å². The van der Waals surface area contributed by atoms with E-state index in [4.69, 9.17) is 9.47 Å². The van der Waals surface area contributed by atoms with Gasteiger partial charge >= 0.3 is 0 Å². The molecule has 3 heteroatoms. The van der Waals surface area contributed by atoms with Crippen molar-refractivity contribution < 1.29 is 14.6 Å². The molecule has 0 radical (unpaired) electrons. The zero-order valence-corrected chi connectivity index (χ0v) is 12.1. The second-order valence-electron chi connectivity index (χ2n) is 5.61. The Morgan fingerprint density at radius 1 is 1.11 bits per heavy atom. The first kappa shape index (κ1) is 14.5. The van der Waals surface area contributed by atoms with Crippen LogP contribution in [0, 0.1) is 0 Å². The smallest absolute Gasteiger partial charge is 0.108 e. The number of rotatable bonds is 4. The molecule has 1 N–H and O–H groups in total. The summed E-state index contributed by atoms with van der Waals surface area (Å²) in [5, 5.41) is 10.6. The van der Waals surface area contributed by atoms with Crippen LogP contribution in [-0.4, -0.2) is 31.0 Å². The monoisotopic (exact) mass is 264 g/mol. The van der Waals surface area contributed by atoms with E-state index in [1.54, 1.807) is 7.11 Å². The van der Waals surface area contributed by atoms with E-state index >= 15 is 0 Å². The van der Waals surface area contributed by atoms with Crippen molar-refractivity contribution in [2.45, 2.75) is 44.3 Å². The van der Waals surface area contributed by atoms with Gasteiger partial charge in [-0.15, -0.1) is 0 Å². The minimum Gasteiger partial charge on any atom is -0.385 e. The van der Waals surface area contributed by atoms with Crippen LogP contribution in [0.15, 0.2) is 24.3 Å². The average Bonchev–Trinajstić information content (AvgIpc) is 2.47. The molecule has 1 aliphatic rings. The van der Waals surface area contributed by atoms with Gasteiger partial charge in [0, 0.05) is 33.2 Å². The van der Waals surface area contributed by atoms with Gasteiger partial charge in [-0.3, -0.25) is 0 Å². The maximum absolute atomic E-state index is 10.6. The van der Waals surface area contributed by atoms with Crippen LogP contribution in [-0.2, 0) is 9.47 Å². The zero-order chi connectivity index (χ0) is 13.9. The van der Waals surface area contributed by atoms with E-state index in [2.05, 4.69) is 26.0 Å². The van der Waals surface area contributed by atoms with Crippen LogP contribution in [0.2, 0.25) is 0 Å². The highest BCUT2D eigenvalue weighted by Crippen LogP contribution is 2.37. The molecule has 1 unspecified atom stereocenters. The van der Waals surface area contributed by atoms with E-state index in [0.29, 0.717) is 19.1 Å². The van der Waals surface area contributed by atoms with Crippen LogP contribution >= 0.6 is 0 Å². The maximum Gasteiger partial charge on any atom is 0.108 e. The highest BCUT2D eigenvalue weighted by atomic mass is 16.5. The lowest BCUT2D eigenvalue weighted by Crippen LogP contribution is -2.43. The minimum absolute atomic E-state index is 0.502. The van der Waals surface area contributed by atoms with Gasteiger partial charge in [0.05, 0.1) is 0 Å². The molecular formula is C16H24O3. The van der Waals surface area contributed by atoms with Crippen molar-refractivity contribution in [1.29, 1.82) is 0 Å². The maximum atomic E-state index is 10.6. The van der Waals surface area contributed by atoms with Gasteiger partial charge in [-0.1, -0.05) is 38.1 Å². The summed E-state index contributed by atoms with van der Waals surface area (Å²) in [6.07, 6.45) is 0.871. The first-order valence-electron chi connectivity index (χ1n) is 7.00. The molecule has 0 spiro atoms. The summed E-state index contributed by atoms with van der Waals surface area (Å²) in [6.45, 7) is 5.63. The molecule has 0 saturated carbocycles. The fraction of sp³-hybridized carbons (Fsp3) is 0.625. The van der Waals surface area contributed by atoms with Crippen LogP contribution in [0.3, 0.4) is 0 Å². The summed E-state index contributed by atoms with van der Waals surface area (Å²) in [7, 11) is 1.68. The van der Waals surface area contributed by atoms with Crippen molar-refractivity contribution in [3.05, 3.63) is 35.4 Å². The minimum atomic E-state index is -0.595. The summed E-state index contributed by atoms with van der Waals surface area (Å²) in [6, 6.07) is 8.20. The molecule has 0 bridgehead atoms. The van der Waals surface area contributed by atoms with Gasteiger partial charge in [0.1, 0.15) is 11.7 Å². The Hall–Kier alpha value is -0.900. The van der Waals surface area contributed by atoms with Crippen molar-refractivity contribution in [3.63, 3.8) is 0 Å². The molecule has 106 valence electrons. The summed E-state index contributed by atoms with van der Waals surface area (Å²) >= 11 is 0. The number of aliphatic hydroxyl groups excluding tert-OH is 1. The van der Waals surface area contributed by atoms with Crippen molar-refractivity contribution in [2.24, 2.45) is 0 Å². The summed E-state index contributed by atoms with van der Waals surface area (Å²) in [4.78, 5) is 0. The highest BCUT2D eigenvalue weighted by molar-refractivity contribution is 5.27. The van der Waals surface area contributed by atoms with Crippen LogP contribution in [0.5, 0.6) is 0 Å². The number of aliphatic hydroxyl groups is 1. The summed E-state index contributed by atoms with van der Waals surface area (Å²) < 4.78 is 11.0. The lowest BCUT2D eigenvalue weighted by atomic mass is 9.83. The normalized spacial score (nSPS) is 20.5. The topological polar surface area (TPSA) is 38.7 Å². The van der Waals surface area contributed by atoms with Gasteiger partial charge in [-0.05, 0) is 17.0 Å². The Balaban J connectivity index is 2.19. The Kier molecular flexibility index (Phi) is 4.61. The van der Waals surface area contributed by atoms with Crippen LogP contribution in [0.25, 0.3) is 0 Å². The Morgan fingerprint density at radius 3 is 2.11 bits per heavy atom. The first-order valence-corrected chi connectivity index (χ1v) is 7.00. The standard InChI is InChI=1S/C16H24O3/c1-12(2)13-4-6-14(7-5-13)15(17)16(18-3)8-10-19-11-9-16/h4-7,12,15,17H,8-11H2,1-3H3. The van der Waals surface area contributed by atoms with Gasteiger partial charge in [0.2, 0.25) is 0 Å². The second-order valence-corrected chi connectivity index (χ2v) is 5.61. The largest absolute Gasteiger partial charge is 0.385 e. The molecule has 1 aromatic carbocycles. The third-order valence-corrected chi connectivity index (χ3v) is 4.16. The van der Waals surface area contributed by atoms with Crippen molar-refractivity contribution in [1.82, 2.24) is 0 Å². The Labute approximate surface area is 115 Å². The van der Waals surface area contributed by atoms with E-state index in [9.17, 15) is 5.11 Å². The van der Waals surface area contributed by atoms with E-state index in [1.807, 2.05) is 12.1 Å². The number of benzene rings is 1. The molecule has 19 heavy (non-hydrogen) atoms. The number of hydrogen-bond donors (Lipinski definition) is 1.